The van der Waals surface area contributed by atoms with Crippen molar-refractivity contribution in [1.29, 1.82) is 0 Å². The lowest BCUT2D eigenvalue weighted by Gasteiger charge is -2.19. The van der Waals surface area contributed by atoms with E-state index in [1.165, 1.54) is 0 Å². The zero-order valence-corrected chi connectivity index (χ0v) is 17.1. The van der Waals surface area contributed by atoms with Gasteiger partial charge in [-0.15, -0.1) is 0 Å². The van der Waals surface area contributed by atoms with Crippen LogP contribution in [-0.2, 0) is 0 Å². The van der Waals surface area contributed by atoms with Crippen LogP contribution in [0.1, 0.15) is 13.8 Å². The van der Waals surface area contributed by atoms with Gasteiger partial charge in [-0.2, -0.15) is 0 Å². The molecule has 2 aromatic carbocycles. The third-order valence-corrected chi connectivity index (χ3v) is 3.90. The van der Waals surface area contributed by atoms with Gasteiger partial charge in [0.25, 0.3) is 0 Å². The topological polar surface area (TPSA) is 73.3 Å². The number of benzene rings is 2. The average molecular weight is 387 g/mol. The first-order valence-corrected chi connectivity index (χ1v) is 9.19. The number of para-hydroxylation sites is 2. The van der Waals surface area contributed by atoms with Gasteiger partial charge < -0.3 is 29.6 Å². The number of hydrogen-bond acceptors (Lipinski definition) is 5. The van der Waals surface area contributed by atoms with E-state index in [-0.39, 0.29) is 6.10 Å². The Kier molecular flexibility index (Phi) is 8.27. The molecule has 1 atom stereocenters. The van der Waals surface area contributed by atoms with Crippen LogP contribution in [0.25, 0.3) is 0 Å². The fraction of sp³-hybridized carbons (Fsp3) is 0.381. The predicted molar refractivity (Wildman–Crippen MR) is 112 cm³/mol. The molecule has 0 heterocycles. The first-order chi connectivity index (χ1) is 13.6. The molecular weight excluding hydrogens is 358 g/mol. The predicted octanol–water partition coefficient (Wildman–Crippen LogP) is 3.56. The van der Waals surface area contributed by atoms with Crippen molar-refractivity contribution in [3.05, 3.63) is 42.5 Å². The number of aliphatic imine (C=N–C) groups is 1. The van der Waals surface area contributed by atoms with Crippen LogP contribution in [0.3, 0.4) is 0 Å². The van der Waals surface area contributed by atoms with Crippen LogP contribution in [-0.4, -0.2) is 46.5 Å². The largest absolute Gasteiger partial charge is 0.493 e. The van der Waals surface area contributed by atoms with Crippen LogP contribution in [0.5, 0.6) is 23.0 Å². The van der Waals surface area contributed by atoms with Crippen LogP contribution >= 0.6 is 0 Å². The quantitative estimate of drug-likeness (QED) is 0.506. The molecule has 1 unspecified atom stereocenters. The van der Waals surface area contributed by atoms with E-state index in [1.54, 1.807) is 21.3 Å². The molecule has 0 aliphatic carbocycles. The Hall–Kier alpha value is -3.09. The number of rotatable bonds is 9. The van der Waals surface area contributed by atoms with Crippen LogP contribution in [0.2, 0.25) is 0 Å². The lowest BCUT2D eigenvalue weighted by Crippen LogP contribution is -2.37. The smallest absolute Gasteiger partial charge is 0.195 e. The molecule has 0 amide bonds. The third kappa shape index (κ3) is 5.97. The molecule has 7 heteroatoms. The SMILES string of the molecule is CCOc1cc(NC(=NC)NCC(C)Oc2ccccc2OC)ccc1OC. The molecular formula is C21H29N3O4. The van der Waals surface area contributed by atoms with Crippen molar-refractivity contribution < 1.29 is 18.9 Å². The molecule has 2 aromatic rings. The number of nitrogens with zero attached hydrogens (tertiary/aromatic N) is 1. The molecule has 0 spiro atoms. The Morgan fingerprint density at radius 2 is 1.68 bits per heavy atom. The number of hydrogen-bond donors (Lipinski definition) is 2. The van der Waals surface area contributed by atoms with E-state index < -0.39 is 0 Å². The summed E-state index contributed by atoms with van der Waals surface area (Å²) in [6.07, 6.45) is -0.0929. The van der Waals surface area contributed by atoms with Gasteiger partial charge in [0.2, 0.25) is 0 Å². The fourth-order valence-corrected chi connectivity index (χ4v) is 2.55. The van der Waals surface area contributed by atoms with Gasteiger partial charge in [0.15, 0.2) is 29.0 Å². The summed E-state index contributed by atoms with van der Waals surface area (Å²) in [5, 5.41) is 6.50. The molecule has 0 aliphatic rings. The molecule has 2 N–H and O–H groups in total. The lowest BCUT2D eigenvalue weighted by molar-refractivity contribution is 0.214. The number of nitrogens with one attached hydrogen (secondary N) is 2. The second-order valence-corrected chi connectivity index (χ2v) is 5.96. The van der Waals surface area contributed by atoms with Gasteiger partial charge in [0.1, 0.15) is 6.10 Å². The summed E-state index contributed by atoms with van der Waals surface area (Å²) in [7, 11) is 4.96. The van der Waals surface area contributed by atoms with E-state index in [2.05, 4.69) is 15.6 Å². The Labute approximate surface area is 166 Å². The molecule has 0 bridgehead atoms. The lowest BCUT2D eigenvalue weighted by atomic mass is 10.2. The molecule has 0 radical (unpaired) electrons. The Balaban J connectivity index is 1.95. The summed E-state index contributed by atoms with van der Waals surface area (Å²) in [5.74, 6) is 3.41. The highest BCUT2D eigenvalue weighted by atomic mass is 16.5. The molecule has 0 aliphatic heterocycles. The number of methoxy groups -OCH3 is 2. The van der Waals surface area contributed by atoms with Gasteiger partial charge in [0, 0.05) is 18.8 Å². The maximum Gasteiger partial charge on any atom is 0.195 e. The number of guanidine groups is 1. The van der Waals surface area contributed by atoms with Gasteiger partial charge >= 0.3 is 0 Å². The molecule has 0 fully saturated rings. The second kappa shape index (κ2) is 10.9. The minimum atomic E-state index is -0.0929. The van der Waals surface area contributed by atoms with E-state index in [1.807, 2.05) is 56.3 Å². The highest BCUT2D eigenvalue weighted by Gasteiger charge is 2.11. The van der Waals surface area contributed by atoms with Crippen molar-refractivity contribution in [2.75, 3.05) is 39.7 Å². The first-order valence-electron chi connectivity index (χ1n) is 9.19. The van der Waals surface area contributed by atoms with Gasteiger partial charge in [-0.3, -0.25) is 4.99 Å². The Morgan fingerprint density at radius 1 is 1.00 bits per heavy atom. The van der Waals surface area contributed by atoms with E-state index in [0.717, 1.165) is 5.69 Å². The van der Waals surface area contributed by atoms with Crippen molar-refractivity contribution >= 4 is 11.6 Å². The van der Waals surface area contributed by atoms with Crippen LogP contribution in [0.4, 0.5) is 5.69 Å². The maximum atomic E-state index is 5.96. The molecule has 28 heavy (non-hydrogen) atoms. The van der Waals surface area contributed by atoms with E-state index in [0.29, 0.717) is 42.1 Å². The molecule has 0 saturated carbocycles. The van der Waals surface area contributed by atoms with Gasteiger partial charge in [0.05, 0.1) is 27.4 Å². The summed E-state index contributed by atoms with van der Waals surface area (Å²) in [6.45, 7) is 5.03. The Bertz CT molecular complexity index is 780. The first kappa shape index (κ1) is 21.2. The fourth-order valence-electron chi connectivity index (χ4n) is 2.55. The van der Waals surface area contributed by atoms with Crippen LogP contribution in [0, 0.1) is 0 Å². The van der Waals surface area contributed by atoms with E-state index in [4.69, 9.17) is 18.9 Å². The summed E-state index contributed by atoms with van der Waals surface area (Å²) >= 11 is 0. The molecule has 0 aromatic heterocycles. The van der Waals surface area contributed by atoms with Crippen molar-refractivity contribution in [1.82, 2.24) is 5.32 Å². The van der Waals surface area contributed by atoms with Gasteiger partial charge in [-0.1, -0.05) is 12.1 Å². The van der Waals surface area contributed by atoms with E-state index in [9.17, 15) is 0 Å². The molecule has 7 nitrogen and oxygen atoms in total. The number of anilines is 1. The zero-order valence-electron chi connectivity index (χ0n) is 17.1. The van der Waals surface area contributed by atoms with Gasteiger partial charge in [-0.05, 0) is 38.1 Å². The van der Waals surface area contributed by atoms with Crippen LogP contribution in [0.15, 0.2) is 47.5 Å². The third-order valence-electron chi connectivity index (χ3n) is 3.90. The monoisotopic (exact) mass is 387 g/mol. The normalized spacial score (nSPS) is 12.1. The van der Waals surface area contributed by atoms with Crippen LogP contribution < -0.4 is 29.6 Å². The molecule has 152 valence electrons. The van der Waals surface area contributed by atoms with Crippen molar-refractivity contribution in [2.24, 2.45) is 4.99 Å². The maximum absolute atomic E-state index is 5.96. The standard InChI is InChI=1S/C21H29N3O4/c1-6-27-20-13-16(11-12-18(20)26-5)24-21(22-3)23-14-15(2)28-19-10-8-7-9-17(19)25-4/h7-13,15H,6,14H2,1-5H3,(H2,22,23,24). The van der Waals surface area contributed by atoms with E-state index >= 15 is 0 Å². The summed E-state index contributed by atoms with van der Waals surface area (Å²) in [4.78, 5) is 4.26. The summed E-state index contributed by atoms with van der Waals surface area (Å²) < 4.78 is 22.2. The number of ether oxygens (including phenoxy) is 4. The minimum Gasteiger partial charge on any atom is -0.493 e. The molecule has 2 rings (SSSR count). The second-order valence-electron chi connectivity index (χ2n) is 5.96. The Morgan fingerprint density at radius 3 is 2.32 bits per heavy atom. The van der Waals surface area contributed by atoms with Crippen molar-refractivity contribution in [2.45, 2.75) is 20.0 Å². The van der Waals surface area contributed by atoms with Crippen molar-refractivity contribution in [3.63, 3.8) is 0 Å². The molecule has 0 saturated heterocycles. The summed E-state index contributed by atoms with van der Waals surface area (Å²) in [6, 6.07) is 13.2. The average Bonchev–Trinajstić information content (AvgIpc) is 2.72. The van der Waals surface area contributed by atoms with Gasteiger partial charge in [-0.25, -0.2) is 0 Å². The van der Waals surface area contributed by atoms with Crippen molar-refractivity contribution in [3.8, 4) is 23.0 Å². The highest BCUT2D eigenvalue weighted by Crippen LogP contribution is 2.30. The summed E-state index contributed by atoms with van der Waals surface area (Å²) in [5.41, 5.74) is 0.843. The minimum absolute atomic E-state index is 0.0929. The highest BCUT2D eigenvalue weighted by molar-refractivity contribution is 5.93. The zero-order chi connectivity index (χ0) is 20.4.